The van der Waals surface area contributed by atoms with Gasteiger partial charge in [0.15, 0.2) is 5.76 Å². The van der Waals surface area contributed by atoms with Crippen molar-refractivity contribution in [3.8, 4) is 0 Å². The van der Waals surface area contributed by atoms with E-state index in [2.05, 4.69) is 39.8 Å². The molecule has 6 nitrogen and oxygen atoms in total. The van der Waals surface area contributed by atoms with E-state index in [0.29, 0.717) is 9.88 Å². The molecule has 0 unspecified atom stereocenters. The number of piperidine rings is 1. The van der Waals surface area contributed by atoms with Crippen LogP contribution in [0.5, 0.6) is 0 Å². The van der Waals surface area contributed by atoms with E-state index in [0.717, 1.165) is 32.5 Å². The summed E-state index contributed by atoms with van der Waals surface area (Å²) in [6, 6.07) is 17.4. The first kappa shape index (κ1) is 19.4. The Morgan fingerprint density at radius 1 is 1.00 bits per heavy atom. The zero-order valence-corrected chi connectivity index (χ0v) is 16.8. The van der Waals surface area contributed by atoms with Crippen LogP contribution in [-0.2, 0) is 6.54 Å². The number of rotatable bonds is 6. The average Bonchev–Trinajstić information content (AvgIpc) is 3.42. The van der Waals surface area contributed by atoms with E-state index < -0.39 is 0 Å². The molecule has 0 aliphatic carbocycles. The summed E-state index contributed by atoms with van der Waals surface area (Å²) >= 11 is 1.26. The number of benzene rings is 1. The van der Waals surface area contributed by atoms with Crippen LogP contribution in [0.15, 0.2) is 65.3 Å². The standard InChI is InChI=1S/C22H23N3O3S/c26-21(18-7-4-14-28-18)24-20-9-8-19(29-20)22(27)23-17-10-12-25(13-11-17)15-16-5-2-1-3-6-16/h1-9,14,17H,10-13,15H2,(H,23,27)(H,24,26). The van der Waals surface area contributed by atoms with Crippen molar-refractivity contribution in [2.45, 2.75) is 25.4 Å². The second-order valence-electron chi connectivity index (χ2n) is 7.10. The van der Waals surface area contributed by atoms with Gasteiger partial charge >= 0.3 is 0 Å². The summed E-state index contributed by atoms with van der Waals surface area (Å²) in [5.41, 5.74) is 1.32. The minimum atomic E-state index is -0.324. The highest BCUT2D eigenvalue weighted by atomic mass is 32.1. The fourth-order valence-corrected chi connectivity index (χ4v) is 4.25. The molecule has 2 amide bonds. The lowest BCUT2D eigenvalue weighted by Gasteiger charge is -2.32. The number of carbonyl (C=O) groups is 2. The van der Waals surface area contributed by atoms with Crippen LogP contribution >= 0.6 is 11.3 Å². The Bertz CT molecular complexity index is 945. The number of hydrogen-bond donors (Lipinski definition) is 2. The zero-order chi connectivity index (χ0) is 20.1. The topological polar surface area (TPSA) is 74.6 Å². The molecular weight excluding hydrogens is 386 g/mol. The van der Waals surface area contributed by atoms with Crippen LogP contribution in [-0.4, -0.2) is 35.8 Å². The maximum atomic E-state index is 12.6. The quantitative estimate of drug-likeness (QED) is 0.646. The summed E-state index contributed by atoms with van der Waals surface area (Å²) in [7, 11) is 0. The van der Waals surface area contributed by atoms with Crippen LogP contribution < -0.4 is 10.6 Å². The Labute approximate surface area is 173 Å². The number of amides is 2. The molecule has 2 N–H and O–H groups in total. The van der Waals surface area contributed by atoms with Crippen LogP contribution in [0.25, 0.3) is 0 Å². The normalized spacial score (nSPS) is 15.2. The summed E-state index contributed by atoms with van der Waals surface area (Å²) in [6.45, 7) is 2.88. The summed E-state index contributed by atoms with van der Waals surface area (Å²) in [5.74, 6) is -0.170. The average molecular weight is 410 g/mol. The molecule has 1 aromatic carbocycles. The van der Waals surface area contributed by atoms with Gasteiger partial charge in [-0.1, -0.05) is 30.3 Å². The zero-order valence-electron chi connectivity index (χ0n) is 16.0. The minimum absolute atomic E-state index is 0.0880. The summed E-state index contributed by atoms with van der Waals surface area (Å²) in [5, 5.41) is 6.50. The molecular formula is C22H23N3O3S. The van der Waals surface area contributed by atoms with Gasteiger partial charge in [-0.05, 0) is 42.7 Å². The number of anilines is 1. The van der Waals surface area contributed by atoms with Gasteiger partial charge in [-0.3, -0.25) is 14.5 Å². The Morgan fingerprint density at radius 2 is 1.79 bits per heavy atom. The number of hydrogen-bond acceptors (Lipinski definition) is 5. The van der Waals surface area contributed by atoms with Crippen molar-refractivity contribution in [3.05, 3.63) is 77.1 Å². The lowest BCUT2D eigenvalue weighted by molar-refractivity contribution is 0.0912. The number of carbonyl (C=O) groups excluding carboxylic acids is 2. The first-order valence-electron chi connectivity index (χ1n) is 9.69. The Balaban J connectivity index is 1.25. The predicted octanol–water partition coefficient (Wildman–Crippen LogP) is 3.99. The third kappa shape index (κ3) is 5.13. The van der Waals surface area contributed by atoms with E-state index in [1.807, 2.05) is 6.07 Å². The maximum absolute atomic E-state index is 12.6. The minimum Gasteiger partial charge on any atom is -0.459 e. The molecule has 150 valence electrons. The van der Waals surface area contributed by atoms with Crippen molar-refractivity contribution < 1.29 is 14.0 Å². The molecule has 1 aliphatic heterocycles. The van der Waals surface area contributed by atoms with E-state index in [1.54, 1.807) is 24.3 Å². The second-order valence-corrected chi connectivity index (χ2v) is 8.19. The van der Waals surface area contributed by atoms with Crippen LogP contribution in [0.2, 0.25) is 0 Å². The molecule has 1 aliphatic rings. The van der Waals surface area contributed by atoms with Crippen molar-refractivity contribution in [1.82, 2.24) is 10.2 Å². The van der Waals surface area contributed by atoms with Gasteiger partial charge in [0.05, 0.1) is 16.1 Å². The van der Waals surface area contributed by atoms with Gasteiger partial charge in [0.2, 0.25) is 0 Å². The number of likely N-dealkylation sites (tertiary alicyclic amines) is 1. The molecule has 2 aromatic heterocycles. The van der Waals surface area contributed by atoms with Gasteiger partial charge < -0.3 is 15.1 Å². The van der Waals surface area contributed by atoms with Crippen LogP contribution in [0.3, 0.4) is 0 Å². The number of nitrogens with one attached hydrogen (secondary N) is 2. The van der Waals surface area contributed by atoms with E-state index in [9.17, 15) is 9.59 Å². The van der Waals surface area contributed by atoms with Crippen molar-refractivity contribution >= 4 is 28.2 Å². The Hall–Kier alpha value is -2.90. The van der Waals surface area contributed by atoms with Crippen LogP contribution in [0.4, 0.5) is 5.00 Å². The fraction of sp³-hybridized carbons (Fsp3) is 0.273. The molecule has 7 heteroatoms. The SMILES string of the molecule is O=C(Nc1ccc(C(=O)NC2CCN(Cc3ccccc3)CC2)s1)c1ccco1. The molecule has 0 radical (unpaired) electrons. The van der Waals surface area contributed by atoms with E-state index in [4.69, 9.17) is 4.42 Å². The molecule has 1 saturated heterocycles. The van der Waals surface area contributed by atoms with Crippen molar-refractivity contribution in [1.29, 1.82) is 0 Å². The van der Waals surface area contributed by atoms with Crippen LogP contribution in [0, 0.1) is 0 Å². The Morgan fingerprint density at radius 3 is 2.52 bits per heavy atom. The molecule has 0 atom stereocenters. The smallest absolute Gasteiger partial charge is 0.291 e. The summed E-state index contributed by atoms with van der Waals surface area (Å²) < 4.78 is 5.08. The van der Waals surface area contributed by atoms with Crippen molar-refractivity contribution in [3.63, 3.8) is 0 Å². The molecule has 0 bridgehead atoms. The highest BCUT2D eigenvalue weighted by molar-refractivity contribution is 7.18. The highest BCUT2D eigenvalue weighted by Crippen LogP contribution is 2.23. The first-order valence-corrected chi connectivity index (χ1v) is 10.5. The molecule has 1 fully saturated rings. The third-order valence-corrected chi connectivity index (χ3v) is 5.98. The first-order chi connectivity index (χ1) is 14.2. The monoisotopic (exact) mass is 409 g/mol. The molecule has 29 heavy (non-hydrogen) atoms. The summed E-state index contributed by atoms with van der Waals surface area (Å²) in [4.78, 5) is 27.6. The molecule has 0 saturated carbocycles. The number of thiophene rings is 1. The number of nitrogens with zero attached hydrogens (tertiary/aromatic N) is 1. The fourth-order valence-electron chi connectivity index (χ4n) is 3.44. The third-order valence-electron chi connectivity index (χ3n) is 4.98. The van der Waals surface area contributed by atoms with Gasteiger partial charge in [0, 0.05) is 25.7 Å². The lowest BCUT2D eigenvalue weighted by Crippen LogP contribution is -2.44. The van der Waals surface area contributed by atoms with Crippen LogP contribution in [0.1, 0.15) is 38.6 Å². The molecule has 3 aromatic rings. The van der Waals surface area contributed by atoms with Gasteiger partial charge in [0.1, 0.15) is 0 Å². The predicted molar refractivity (Wildman–Crippen MR) is 113 cm³/mol. The highest BCUT2D eigenvalue weighted by Gasteiger charge is 2.22. The van der Waals surface area contributed by atoms with E-state index in [-0.39, 0.29) is 23.6 Å². The molecule has 3 heterocycles. The van der Waals surface area contributed by atoms with Gasteiger partial charge in [-0.25, -0.2) is 0 Å². The van der Waals surface area contributed by atoms with Gasteiger partial charge in [-0.2, -0.15) is 0 Å². The number of furan rings is 1. The van der Waals surface area contributed by atoms with Crippen molar-refractivity contribution in [2.75, 3.05) is 18.4 Å². The second kappa shape index (κ2) is 9.07. The largest absolute Gasteiger partial charge is 0.459 e. The summed E-state index contributed by atoms with van der Waals surface area (Å²) in [6.07, 6.45) is 3.32. The van der Waals surface area contributed by atoms with Crippen molar-refractivity contribution in [2.24, 2.45) is 0 Å². The van der Waals surface area contributed by atoms with E-state index in [1.165, 1.54) is 23.2 Å². The molecule has 0 spiro atoms. The maximum Gasteiger partial charge on any atom is 0.291 e. The van der Waals surface area contributed by atoms with E-state index >= 15 is 0 Å². The Kier molecular flexibility index (Phi) is 6.07. The van der Waals surface area contributed by atoms with Gasteiger partial charge in [-0.15, -0.1) is 11.3 Å². The lowest BCUT2D eigenvalue weighted by atomic mass is 10.0. The van der Waals surface area contributed by atoms with Gasteiger partial charge in [0.25, 0.3) is 11.8 Å². The molecule has 4 rings (SSSR count).